The molecule has 28 heavy (non-hydrogen) atoms. The maximum Gasteiger partial charge on any atom is 0.315 e. The molecule has 3 aliphatic rings. The first-order valence-electron chi connectivity index (χ1n) is 9.85. The van der Waals surface area contributed by atoms with Gasteiger partial charge in [-0.25, -0.2) is 4.90 Å². The first-order valence-corrected chi connectivity index (χ1v) is 9.85. The van der Waals surface area contributed by atoms with E-state index < -0.39 is 5.97 Å². The van der Waals surface area contributed by atoms with E-state index in [1.165, 1.54) is 4.90 Å². The van der Waals surface area contributed by atoms with Crippen molar-refractivity contribution in [1.29, 1.82) is 0 Å². The molecule has 142 valence electrons. The lowest BCUT2D eigenvalue weighted by Gasteiger charge is -2.20. The van der Waals surface area contributed by atoms with E-state index in [4.69, 9.17) is 4.74 Å². The van der Waals surface area contributed by atoms with Gasteiger partial charge in [0.2, 0.25) is 11.8 Å². The number of ether oxygens (including phenoxy) is 1. The first kappa shape index (κ1) is 17.2. The lowest BCUT2D eigenvalue weighted by molar-refractivity contribution is -0.134. The average Bonchev–Trinajstić information content (AvgIpc) is 3.37. The van der Waals surface area contributed by atoms with Gasteiger partial charge in [0.05, 0.1) is 23.9 Å². The van der Waals surface area contributed by atoms with Crippen molar-refractivity contribution in [2.24, 2.45) is 23.7 Å². The molecule has 0 N–H and O–H groups in total. The molecule has 2 saturated carbocycles. The highest BCUT2D eigenvalue weighted by Crippen LogP contribution is 2.57. The molecular formula is C23H21NO4. The van der Waals surface area contributed by atoms with E-state index in [0.717, 1.165) is 24.8 Å². The van der Waals surface area contributed by atoms with Crippen molar-refractivity contribution in [3.05, 3.63) is 60.2 Å². The Bertz CT molecular complexity index is 926. The minimum atomic E-state index is -0.419. The standard InChI is InChI=1S/C23H21NO4/c25-19(12-14-6-2-1-3-7-14)28-18-9-5-4-8-17(18)24-22(26)20-15-10-11-16(13-15)21(20)23(24)27/h1-9,15-16,20-21H,10-13H2/t15-,16-,20-,21-/m0/s1. The molecule has 1 aliphatic heterocycles. The normalized spacial score (nSPS) is 27.9. The molecule has 5 nitrogen and oxygen atoms in total. The number of esters is 1. The highest BCUT2D eigenvalue weighted by molar-refractivity contribution is 6.23. The smallest absolute Gasteiger partial charge is 0.315 e. The van der Waals surface area contributed by atoms with Crippen LogP contribution in [0.15, 0.2) is 54.6 Å². The Kier molecular flexibility index (Phi) is 4.04. The number of hydrogen-bond donors (Lipinski definition) is 0. The van der Waals surface area contributed by atoms with Crippen molar-refractivity contribution in [2.75, 3.05) is 4.90 Å². The summed E-state index contributed by atoms with van der Waals surface area (Å²) >= 11 is 0. The second-order valence-electron chi connectivity index (χ2n) is 8.00. The zero-order valence-electron chi connectivity index (χ0n) is 15.4. The molecule has 4 atom stereocenters. The van der Waals surface area contributed by atoms with Gasteiger partial charge in [0.15, 0.2) is 5.75 Å². The lowest BCUT2D eigenvalue weighted by Crippen LogP contribution is -2.33. The summed E-state index contributed by atoms with van der Waals surface area (Å²) in [6.45, 7) is 0. The number of carbonyl (C=O) groups excluding carboxylic acids is 3. The molecule has 0 radical (unpaired) electrons. The van der Waals surface area contributed by atoms with Gasteiger partial charge in [-0.3, -0.25) is 14.4 Å². The maximum absolute atomic E-state index is 13.1. The zero-order valence-corrected chi connectivity index (χ0v) is 15.4. The number of imide groups is 1. The SMILES string of the molecule is O=C(Cc1ccccc1)Oc1ccccc1N1C(=O)[C@H]2[C@H]3CC[C@@H](C3)[C@@H]2C1=O. The highest BCUT2D eigenvalue weighted by atomic mass is 16.5. The Balaban J connectivity index is 1.40. The van der Waals surface area contributed by atoms with E-state index in [9.17, 15) is 14.4 Å². The number of anilines is 1. The Hall–Kier alpha value is -2.95. The van der Waals surface area contributed by atoms with Crippen LogP contribution in [0.25, 0.3) is 0 Å². The van der Waals surface area contributed by atoms with Gasteiger partial charge in [-0.1, -0.05) is 42.5 Å². The monoisotopic (exact) mass is 375 g/mol. The van der Waals surface area contributed by atoms with E-state index in [1.807, 2.05) is 30.3 Å². The van der Waals surface area contributed by atoms with Crippen LogP contribution in [0.5, 0.6) is 5.75 Å². The largest absolute Gasteiger partial charge is 0.424 e. The van der Waals surface area contributed by atoms with Crippen LogP contribution in [0.2, 0.25) is 0 Å². The third kappa shape index (κ3) is 2.65. The maximum atomic E-state index is 13.1. The molecule has 1 heterocycles. The Morgan fingerprint density at radius 2 is 1.50 bits per heavy atom. The van der Waals surface area contributed by atoms with Gasteiger partial charge in [0.1, 0.15) is 0 Å². The molecule has 0 unspecified atom stereocenters. The van der Waals surface area contributed by atoms with Crippen LogP contribution in [0.4, 0.5) is 5.69 Å². The van der Waals surface area contributed by atoms with Crippen LogP contribution >= 0.6 is 0 Å². The number of carbonyl (C=O) groups is 3. The number of hydrogen-bond acceptors (Lipinski definition) is 4. The predicted molar refractivity (Wildman–Crippen MR) is 103 cm³/mol. The summed E-state index contributed by atoms with van der Waals surface area (Å²) in [5.74, 6) is -0.162. The van der Waals surface area contributed by atoms with Gasteiger partial charge in [-0.2, -0.15) is 0 Å². The minimum Gasteiger partial charge on any atom is -0.424 e. The van der Waals surface area contributed by atoms with Gasteiger partial charge in [-0.05, 0) is 48.8 Å². The van der Waals surface area contributed by atoms with E-state index in [1.54, 1.807) is 24.3 Å². The van der Waals surface area contributed by atoms with Gasteiger partial charge >= 0.3 is 5.97 Å². The molecule has 2 aromatic carbocycles. The molecule has 2 bridgehead atoms. The second-order valence-corrected chi connectivity index (χ2v) is 8.00. The molecule has 5 rings (SSSR count). The molecule has 5 heteroatoms. The van der Waals surface area contributed by atoms with Crippen LogP contribution in [0.1, 0.15) is 24.8 Å². The number of fused-ring (bicyclic) bond motifs is 5. The molecule has 2 amide bonds. The van der Waals surface area contributed by atoms with Crippen LogP contribution in [-0.4, -0.2) is 17.8 Å². The lowest BCUT2D eigenvalue weighted by atomic mass is 9.81. The van der Waals surface area contributed by atoms with Crippen LogP contribution in [-0.2, 0) is 20.8 Å². The fourth-order valence-electron chi connectivity index (χ4n) is 5.30. The van der Waals surface area contributed by atoms with Gasteiger partial charge in [-0.15, -0.1) is 0 Å². The number of benzene rings is 2. The molecule has 3 fully saturated rings. The Morgan fingerprint density at radius 3 is 2.18 bits per heavy atom. The third-order valence-electron chi connectivity index (χ3n) is 6.45. The van der Waals surface area contributed by atoms with Crippen molar-refractivity contribution < 1.29 is 19.1 Å². The van der Waals surface area contributed by atoms with Crippen molar-refractivity contribution in [1.82, 2.24) is 0 Å². The van der Waals surface area contributed by atoms with E-state index in [0.29, 0.717) is 17.5 Å². The molecule has 2 aliphatic carbocycles. The highest BCUT2D eigenvalue weighted by Gasteiger charge is 2.61. The molecule has 2 aromatic rings. The summed E-state index contributed by atoms with van der Waals surface area (Å²) in [6.07, 6.45) is 3.19. The first-order chi connectivity index (χ1) is 13.6. The fourth-order valence-corrected chi connectivity index (χ4v) is 5.30. The van der Waals surface area contributed by atoms with Crippen LogP contribution in [0, 0.1) is 23.7 Å². The van der Waals surface area contributed by atoms with E-state index >= 15 is 0 Å². The van der Waals surface area contributed by atoms with Crippen molar-refractivity contribution in [2.45, 2.75) is 25.7 Å². The van der Waals surface area contributed by atoms with Crippen LogP contribution in [0.3, 0.4) is 0 Å². The number of para-hydroxylation sites is 2. The van der Waals surface area contributed by atoms with Crippen molar-refractivity contribution in [3.63, 3.8) is 0 Å². The number of rotatable bonds is 4. The third-order valence-corrected chi connectivity index (χ3v) is 6.45. The van der Waals surface area contributed by atoms with E-state index in [2.05, 4.69) is 0 Å². The number of amides is 2. The predicted octanol–water partition coefficient (Wildman–Crippen LogP) is 3.37. The Morgan fingerprint density at radius 1 is 0.893 bits per heavy atom. The summed E-state index contributed by atoms with van der Waals surface area (Å²) < 4.78 is 5.56. The summed E-state index contributed by atoms with van der Waals surface area (Å²) in [5, 5.41) is 0. The Labute approximate surface area is 163 Å². The molecule has 1 saturated heterocycles. The summed E-state index contributed by atoms with van der Waals surface area (Å²) in [5.41, 5.74) is 1.23. The fraction of sp³-hybridized carbons (Fsp3) is 0.348. The molecule has 0 spiro atoms. The summed E-state index contributed by atoms with van der Waals surface area (Å²) in [7, 11) is 0. The number of nitrogens with zero attached hydrogens (tertiary/aromatic N) is 1. The van der Waals surface area contributed by atoms with Gasteiger partial charge < -0.3 is 4.74 Å². The molecule has 0 aromatic heterocycles. The van der Waals surface area contributed by atoms with E-state index in [-0.39, 0.29) is 35.8 Å². The topological polar surface area (TPSA) is 63.7 Å². The average molecular weight is 375 g/mol. The quantitative estimate of drug-likeness (QED) is 0.467. The van der Waals surface area contributed by atoms with Crippen molar-refractivity contribution >= 4 is 23.5 Å². The van der Waals surface area contributed by atoms with Crippen molar-refractivity contribution in [3.8, 4) is 5.75 Å². The summed E-state index contributed by atoms with van der Waals surface area (Å²) in [6, 6.07) is 16.2. The summed E-state index contributed by atoms with van der Waals surface area (Å²) in [4.78, 5) is 39.8. The van der Waals surface area contributed by atoms with Gasteiger partial charge in [0, 0.05) is 0 Å². The minimum absolute atomic E-state index is 0.131. The second kappa shape index (κ2) is 6.59. The zero-order chi connectivity index (χ0) is 19.3. The molecular weight excluding hydrogens is 354 g/mol. The van der Waals surface area contributed by atoms with Crippen LogP contribution < -0.4 is 9.64 Å². The van der Waals surface area contributed by atoms with Gasteiger partial charge in [0.25, 0.3) is 0 Å².